The Balaban J connectivity index is 3.97. The van der Waals surface area contributed by atoms with E-state index in [9.17, 15) is 19.5 Å². The summed E-state index contributed by atoms with van der Waals surface area (Å²) in [5.74, 6) is -1.24. The first-order valence-electron chi connectivity index (χ1n) is 4.53. The molecule has 0 aliphatic heterocycles. The van der Waals surface area contributed by atoms with Crippen LogP contribution in [0.2, 0.25) is 0 Å². The van der Waals surface area contributed by atoms with Crippen LogP contribution in [0, 0.1) is 0 Å². The van der Waals surface area contributed by atoms with E-state index in [4.69, 9.17) is 10.2 Å². The van der Waals surface area contributed by atoms with Gasteiger partial charge in [0.15, 0.2) is 6.29 Å². The molecule has 7 heteroatoms. The summed E-state index contributed by atoms with van der Waals surface area (Å²) in [6.45, 7) is 0.598. The number of hydrogen-bond acceptors (Lipinski definition) is 7. The summed E-state index contributed by atoms with van der Waals surface area (Å²) in [7, 11) is 0. The van der Waals surface area contributed by atoms with Crippen molar-refractivity contribution >= 4 is 18.0 Å². The number of aldehydes is 1. The standard InChI is InChI=1S/C9H14O7/c1-5(11)2-8(14)16-4-7(13)9(15)6(12)3-10/h3,6-7,9,12-13,15H,2,4H2,1H3/t6-,7-,9+/m1/s1. The maximum atomic E-state index is 10.9. The van der Waals surface area contributed by atoms with Crippen molar-refractivity contribution in [3.05, 3.63) is 0 Å². The van der Waals surface area contributed by atoms with E-state index in [2.05, 4.69) is 4.74 Å². The molecule has 0 aromatic rings. The van der Waals surface area contributed by atoms with E-state index < -0.39 is 43.1 Å². The average Bonchev–Trinajstić information content (AvgIpc) is 2.22. The highest BCUT2D eigenvalue weighted by Crippen LogP contribution is 2.00. The number of hydrogen-bond donors (Lipinski definition) is 3. The number of Topliss-reactive ketones (excluding diaryl/α,β-unsaturated/α-hetero) is 1. The Labute approximate surface area is 91.6 Å². The average molecular weight is 234 g/mol. The monoisotopic (exact) mass is 234 g/mol. The first-order chi connectivity index (χ1) is 7.38. The molecule has 0 aromatic carbocycles. The molecule has 0 radical (unpaired) electrons. The fourth-order valence-electron chi connectivity index (χ4n) is 0.839. The molecule has 0 bridgehead atoms. The minimum absolute atomic E-state index is 0.0469. The van der Waals surface area contributed by atoms with Crippen molar-refractivity contribution in [2.75, 3.05) is 6.61 Å². The van der Waals surface area contributed by atoms with Crippen LogP contribution in [-0.2, 0) is 19.1 Å². The van der Waals surface area contributed by atoms with Crippen molar-refractivity contribution in [2.24, 2.45) is 0 Å². The number of carbonyl (C=O) groups is 3. The molecule has 0 fully saturated rings. The Morgan fingerprint density at radius 3 is 2.31 bits per heavy atom. The van der Waals surface area contributed by atoms with Crippen molar-refractivity contribution < 1.29 is 34.4 Å². The van der Waals surface area contributed by atoms with E-state index in [-0.39, 0.29) is 6.29 Å². The minimum Gasteiger partial charge on any atom is -0.462 e. The second-order valence-electron chi connectivity index (χ2n) is 3.25. The van der Waals surface area contributed by atoms with Gasteiger partial charge in [-0.25, -0.2) is 0 Å². The molecule has 0 unspecified atom stereocenters. The van der Waals surface area contributed by atoms with Crippen LogP contribution in [0.15, 0.2) is 0 Å². The highest BCUT2D eigenvalue weighted by Gasteiger charge is 2.25. The van der Waals surface area contributed by atoms with Crippen molar-refractivity contribution in [2.45, 2.75) is 31.7 Å². The van der Waals surface area contributed by atoms with Crippen LogP contribution >= 0.6 is 0 Å². The summed E-state index contributed by atoms with van der Waals surface area (Å²) >= 11 is 0. The largest absolute Gasteiger partial charge is 0.462 e. The van der Waals surface area contributed by atoms with Gasteiger partial charge in [0.2, 0.25) is 0 Å². The first kappa shape index (κ1) is 14.7. The van der Waals surface area contributed by atoms with Crippen LogP contribution in [0.1, 0.15) is 13.3 Å². The molecule has 3 N–H and O–H groups in total. The highest BCUT2D eigenvalue weighted by atomic mass is 16.5. The number of aliphatic hydroxyl groups excluding tert-OH is 3. The van der Waals surface area contributed by atoms with E-state index in [1.54, 1.807) is 0 Å². The van der Waals surface area contributed by atoms with E-state index in [1.165, 1.54) is 6.92 Å². The van der Waals surface area contributed by atoms with Gasteiger partial charge < -0.3 is 24.9 Å². The molecule has 0 aliphatic rings. The predicted molar refractivity (Wildman–Crippen MR) is 50.3 cm³/mol. The van der Waals surface area contributed by atoms with Gasteiger partial charge in [-0.15, -0.1) is 0 Å². The van der Waals surface area contributed by atoms with Gasteiger partial charge in [-0.05, 0) is 6.92 Å². The van der Waals surface area contributed by atoms with Crippen molar-refractivity contribution in [3.63, 3.8) is 0 Å². The van der Waals surface area contributed by atoms with Gasteiger partial charge in [0.05, 0.1) is 0 Å². The Morgan fingerprint density at radius 2 is 1.88 bits per heavy atom. The Kier molecular flexibility index (Phi) is 6.47. The number of rotatable bonds is 7. The summed E-state index contributed by atoms with van der Waals surface area (Å²) in [6, 6.07) is 0. The van der Waals surface area contributed by atoms with Gasteiger partial charge in [-0.1, -0.05) is 0 Å². The second kappa shape index (κ2) is 7.04. The molecule has 92 valence electrons. The van der Waals surface area contributed by atoms with Crippen molar-refractivity contribution in [1.29, 1.82) is 0 Å². The van der Waals surface area contributed by atoms with Crippen LogP contribution in [0.5, 0.6) is 0 Å². The predicted octanol–water partition coefficient (Wildman–Crippen LogP) is -2.21. The SMILES string of the molecule is CC(=O)CC(=O)OC[C@@H](O)[C@@H](O)[C@H](O)C=O. The van der Waals surface area contributed by atoms with E-state index in [0.29, 0.717) is 0 Å². The summed E-state index contributed by atoms with van der Waals surface area (Å²) in [5, 5.41) is 27.1. The highest BCUT2D eigenvalue weighted by molar-refractivity contribution is 5.94. The topological polar surface area (TPSA) is 121 Å². The van der Waals surface area contributed by atoms with E-state index >= 15 is 0 Å². The number of ketones is 1. The fraction of sp³-hybridized carbons (Fsp3) is 0.667. The number of carbonyl (C=O) groups excluding carboxylic acids is 3. The van der Waals surface area contributed by atoms with Crippen LogP contribution < -0.4 is 0 Å². The number of aliphatic hydroxyl groups is 3. The molecule has 0 spiro atoms. The van der Waals surface area contributed by atoms with E-state index in [0.717, 1.165) is 0 Å². The summed E-state index contributed by atoms with van der Waals surface area (Å²) in [6.07, 6.45) is -5.45. The minimum atomic E-state index is -1.75. The molecule has 16 heavy (non-hydrogen) atoms. The van der Waals surface area contributed by atoms with E-state index in [1.807, 2.05) is 0 Å². The van der Waals surface area contributed by atoms with Gasteiger partial charge >= 0.3 is 5.97 Å². The third kappa shape index (κ3) is 5.54. The van der Waals surface area contributed by atoms with Crippen LogP contribution in [-0.4, -0.2) is 58.3 Å². The third-order valence-electron chi connectivity index (χ3n) is 1.69. The summed E-state index contributed by atoms with van der Waals surface area (Å²) in [5.41, 5.74) is 0. The summed E-state index contributed by atoms with van der Waals surface area (Å²) < 4.78 is 4.43. The molecule has 0 heterocycles. The molecular weight excluding hydrogens is 220 g/mol. The molecule has 0 rings (SSSR count). The Bertz CT molecular complexity index is 263. The maximum Gasteiger partial charge on any atom is 0.313 e. The molecule has 7 nitrogen and oxygen atoms in total. The fourth-order valence-corrected chi connectivity index (χ4v) is 0.839. The molecule has 0 saturated carbocycles. The Morgan fingerprint density at radius 1 is 1.31 bits per heavy atom. The smallest absolute Gasteiger partial charge is 0.313 e. The van der Waals surface area contributed by atoms with Gasteiger partial charge in [-0.2, -0.15) is 0 Å². The lowest BCUT2D eigenvalue weighted by Crippen LogP contribution is -2.41. The zero-order valence-corrected chi connectivity index (χ0v) is 8.70. The third-order valence-corrected chi connectivity index (χ3v) is 1.69. The first-order valence-corrected chi connectivity index (χ1v) is 4.53. The normalized spacial score (nSPS) is 16.0. The number of ether oxygens (including phenoxy) is 1. The second-order valence-corrected chi connectivity index (χ2v) is 3.25. The van der Waals surface area contributed by atoms with Crippen LogP contribution in [0.25, 0.3) is 0 Å². The maximum absolute atomic E-state index is 10.9. The van der Waals surface area contributed by atoms with Crippen molar-refractivity contribution in [1.82, 2.24) is 0 Å². The van der Waals surface area contributed by atoms with Gasteiger partial charge in [0.1, 0.15) is 37.1 Å². The quantitative estimate of drug-likeness (QED) is 0.259. The lowest BCUT2D eigenvalue weighted by atomic mass is 10.1. The van der Waals surface area contributed by atoms with Crippen LogP contribution in [0.3, 0.4) is 0 Å². The Hall–Kier alpha value is -1.31. The molecular formula is C9H14O7. The number of esters is 1. The van der Waals surface area contributed by atoms with Gasteiger partial charge in [-0.3, -0.25) is 9.59 Å². The molecule has 0 aromatic heterocycles. The molecule has 3 atom stereocenters. The summed E-state index contributed by atoms with van der Waals surface area (Å²) in [4.78, 5) is 31.4. The molecule has 0 saturated heterocycles. The van der Waals surface area contributed by atoms with Crippen LogP contribution in [0.4, 0.5) is 0 Å². The lowest BCUT2D eigenvalue weighted by Gasteiger charge is -2.18. The zero-order valence-electron chi connectivity index (χ0n) is 8.70. The van der Waals surface area contributed by atoms with Gasteiger partial charge in [0.25, 0.3) is 0 Å². The molecule has 0 aliphatic carbocycles. The van der Waals surface area contributed by atoms with Gasteiger partial charge in [0, 0.05) is 0 Å². The molecule has 0 amide bonds. The lowest BCUT2D eigenvalue weighted by molar-refractivity contribution is -0.153. The van der Waals surface area contributed by atoms with Crippen molar-refractivity contribution in [3.8, 4) is 0 Å². The zero-order chi connectivity index (χ0) is 12.7.